The normalized spacial score (nSPS) is 16.0. The van der Waals surface area contributed by atoms with Crippen LogP contribution in [0.2, 0.25) is 0 Å². The van der Waals surface area contributed by atoms with Gasteiger partial charge < -0.3 is 9.64 Å². The number of amides is 1. The number of carbonyl (C=O) groups excluding carboxylic acids is 1. The van der Waals surface area contributed by atoms with Gasteiger partial charge in [-0.05, 0) is 29.8 Å². The summed E-state index contributed by atoms with van der Waals surface area (Å²) in [5, 5.41) is 0. The molecule has 0 spiro atoms. The largest absolute Gasteiger partial charge is 0.497 e. The van der Waals surface area contributed by atoms with Crippen molar-refractivity contribution in [1.29, 1.82) is 0 Å². The van der Waals surface area contributed by atoms with E-state index < -0.39 is 10.0 Å². The molecule has 8 heteroatoms. The number of methoxy groups -OCH3 is 1. The maximum Gasteiger partial charge on any atom is 0.263 e. The molecule has 0 saturated carbocycles. The number of carbonyl (C=O) groups is 1. The zero-order valence-electron chi connectivity index (χ0n) is 14.5. The number of fused-ring (bicyclic) bond motifs is 1. The lowest BCUT2D eigenvalue weighted by Gasteiger charge is -2.16. The molecule has 1 amide bonds. The van der Waals surface area contributed by atoms with E-state index in [1.54, 1.807) is 32.4 Å². The third-order valence-electron chi connectivity index (χ3n) is 4.01. The number of rotatable bonds is 5. The zero-order chi connectivity index (χ0) is 18.7. The first-order valence-electron chi connectivity index (χ1n) is 7.94. The molecule has 1 N–H and O–H groups in total. The molecule has 0 bridgehead atoms. The second-order valence-electron chi connectivity index (χ2n) is 5.87. The van der Waals surface area contributed by atoms with Gasteiger partial charge in [-0.3, -0.25) is 14.5 Å². The Morgan fingerprint density at radius 2 is 1.96 bits per heavy atom. The summed E-state index contributed by atoms with van der Waals surface area (Å²) in [7, 11) is -0.336. The lowest BCUT2D eigenvalue weighted by molar-refractivity contribution is -0.128. The van der Waals surface area contributed by atoms with Crippen molar-refractivity contribution in [3.05, 3.63) is 59.7 Å². The quantitative estimate of drug-likeness (QED) is 0.858. The molecule has 1 aliphatic rings. The van der Waals surface area contributed by atoms with Crippen LogP contribution in [0.3, 0.4) is 0 Å². The van der Waals surface area contributed by atoms with Gasteiger partial charge in [0.05, 0.1) is 12.0 Å². The molecule has 0 aromatic heterocycles. The third kappa shape index (κ3) is 3.70. The summed E-state index contributed by atoms with van der Waals surface area (Å²) in [4.78, 5) is 18.2. The lowest BCUT2D eigenvalue weighted by Crippen LogP contribution is -2.30. The van der Waals surface area contributed by atoms with E-state index in [0.29, 0.717) is 12.1 Å². The summed E-state index contributed by atoms with van der Waals surface area (Å²) < 4.78 is 31.7. The van der Waals surface area contributed by atoms with Crippen molar-refractivity contribution >= 4 is 21.8 Å². The molecule has 2 aromatic carbocycles. The molecular weight excluding hydrogens is 354 g/mol. The standard InChI is InChI=1S/C18H19N3O4S/c1-21(12-13-6-5-7-14(10-13)25-2)17(22)11-19-18-15-8-3-4-9-16(15)26(23,24)20-18/h3-10H,11-12H2,1-2H3,(H,19,20). The molecule has 0 fully saturated rings. The smallest absolute Gasteiger partial charge is 0.263 e. The number of nitrogens with one attached hydrogen (secondary N) is 1. The van der Waals surface area contributed by atoms with Crippen LogP contribution in [-0.4, -0.2) is 45.8 Å². The second-order valence-corrected chi connectivity index (χ2v) is 7.52. The Kier molecular flexibility index (Phi) is 4.94. The first kappa shape index (κ1) is 17.9. The molecule has 0 aliphatic carbocycles. The molecule has 3 rings (SSSR count). The van der Waals surface area contributed by atoms with Crippen molar-refractivity contribution in [2.45, 2.75) is 11.4 Å². The number of hydrogen-bond donors (Lipinski definition) is 1. The fourth-order valence-corrected chi connectivity index (χ4v) is 3.90. The average Bonchev–Trinajstić information content (AvgIpc) is 2.90. The van der Waals surface area contributed by atoms with Crippen LogP contribution in [0.15, 0.2) is 58.4 Å². The Morgan fingerprint density at radius 1 is 1.19 bits per heavy atom. The van der Waals surface area contributed by atoms with Gasteiger partial charge in [0.1, 0.15) is 18.1 Å². The molecule has 136 valence electrons. The molecule has 26 heavy (non-hydrogen) atoms. The van der Waals surface area contributed by atoms with Gasteiger partial charge in [0, 0.05) is 19.2 Å². The third-order valence-corrected chi connectivity index (χ3v) is 5.41. The van der Waals surface area contributed by atoms with Gasteiger partial charge in [-0.2, -0.15) is 0 Å². The van der Waals surface area contributed by atoms with E-state index in [0.717, 1.165) is 11.3 Å². The van der Waals surface area contributed by atoms with Crippen LogP contribution in [0.5, 0.6) is 5.75 Å². The Labute approximate surface area is 152 Å². The van der Waals surface area contributed by atoms with Crippen LogP contribution >= 0.6 is 0 Å². The van der Waals surface area contributed by atoms with Gasteiger partial charge in [0.15, 0.2) is 0 Å². The molecule has 0 atom stereocenters. The van der Waals surface area contributed by atoms with E-state index in [1.807, 2.05) is 24.3 Å². The average molecular weight is 373 g/mol. The zero-order valence-corrected chi connectivity index (χ0v) is 15.3. The topological polar surface area (TPSA) is 88.1 Å². The summed E-state index contributed by atoms with van der Waals surface area (Å²) in [6.07, 6.45) is 0. The summed E-state index contributed by atoms with van der Waals surface area (Å²) in [5.74, 6) is 0.702. The van der Waals surface area contributed by atoms with Crippen molar-refractivity contribution in [3.8, 4) is 5.75 Å². The first-order valence-corrected chi connectivity index (χ1v) is 9.42. The van der Waals surface area contributed by atoms with Crippen LogP contribution in [-0.2, 0) is 21.4 Å². The van der Waals surface area contributed by atoms with Crippen LogP contribution in [0.1, 0.15) is 11.1 Å². The van der Waals surface area contributed by atoms with E-state index in [9.17, 15) is 13.2 Å². The summed E-state index contributed by atoms with van der Waals surface area (Å²) in [5.41, 5.74) is 1.41. The number of nitrogens with zero attached hydrogens (tertiary/aromatic N) is 2. The SMILES string of the molecule is COc1cccc(CN(C)C(=O)CN=C2NS(=O)(=O)c3ccccc32)c1. The predicted molar refractivity (Wildman–Crippen MR) is 97.6 cm³/mol. The summed E-state index contributed by atoms with van der Waals surface area (Å²) >= 11 is 0. The van der Waals surface area contributed by atoms with Gasteiger partial charge in [0.2, 0.25) is 5.91 Å². The minimum absolute atomic E-state index is 0.146. The molecular formula is C18H19N3O4S. The lowest BCUT2D eigenvalue weighted by atomic mass is 10.2. The van der Waals surface area contributed by atoms with Gasteiger partial charge in [-0.25, -0.2) is 8.42 Å². The van der Waals surface area contributed by atoms with E-state index >= 15 is 0 Å². The maximum absolute atomic E-state index is 12.3. The van der Waals surface area contributed by atoms with Crippen molar-refractivity contribution in [2.75, 3.05) is 20.7 Å². The molecule has 2 aromatic rings. The highest BCUT2D eigenvalue weighted by Crippen LogP contribution is 2.22. The number of benzene rings is 2. The molecule has 0 saturated heterocycles. The highest BCUT2D eigenvalue weighted by atomic mass is 32.2. The fraction of sp³-hybridized carbons (Fsp3) is 0.222. The Balaban J connectivity index is 1.69. The highest BCUT2D eigenvalue weighted by Gasteiger charge is 2.30. The van der Waals surface area contributed by atoms with Gasteiger partial charge in [0.25, 0.3) is 10.0 Å². The van der Waals surface area contributed by atoms with E-state index in [4.69, 9.17) is 4.74 Å². The minimum Gasteiger partial charge on any atom is -0.497 e. The number of ether oxygens (including phenoxy) is 1. The van der Waals surface area contributed by atoms with E-state index in [2.05, 4.69) is 9.71 Å². The predicted octanol–water partition coefficient (Wildman–Crippen LogP) is 1.39. The van der Waals surface area contributed by atoms with Crippen molar-refractivity contribution in [3.63, 3.8) is 0 Å². The van der Waals surface area contributed by atoms with Crippen molar-refractivity contribution in [2.24, 2.45) is 4.99 Å². The fourth-order valence-electron chi connectivity index (χ4n) is 2.65. The Morgan fingerprint density at radius 3 is 2.73 bits per heavy atom. The monoisotopic (exact) mass is 373 g/mol. The first-order chi connectivity index (χ1) is 12.4. The van der Waals surface area contributed by atoms with Crippen LogP contribution in [0, 0.1) is 0 Å². The number of hydrogen-bond acceptors (Lipinski definition) is 5. The minimum atomic E-state index is -3.60. The Hall–Kier alpha value is -2.87. The van der Waals surface area contributed by atoms with E-state index in [-0.39, 0.29) is 23.2 Å². The highest BCUT2D eigenvalue weighted by molar-refractivity contribution is 7.90. The van der Waals surface area contributed by atoms with Crippen molar-refractivity contribution in [1.82, 2.24) is 9.62 Å². The van der Waals surface area contributed by atoms with Crippen LogP contribution < -0.4 is 9.46 Å². The molecule has 7 nitrogen and oxygen atoms in total. The van der Waals surface area contributed by atoms with Crippen molar-refractivity contribution < 1.29 is 17.9 Å². The molecule has 0 radical (unpaired) electrons. The molecule has 1 aliphatic heterocycles. The molecule has 1 heterocycles. The van der Waals surface area contributed by atoms with Crippen LogP contribution in [0.25, 0.3) is 0 Å². The summed E-state index contributed by atoms with van der Waals surface area (Å²) in [6, 6.07) is 14.0. The summed E-state index contributed by atoms with van der Waals surface area (Å²) in [6.45, 7) is 0.260. The van der Waals surface area contributed by atoms with Gasteiger partial charge >= 0.3 is 0 Å². The van der Waals surface area contributed by atoms with Crippen LogP contribution in [0.4, 0.5) is 0 Å². The number of sulfonamides is 1. The number of aliphatic imine (C=N–C) groups is 1. The number of amidine groups is 1. The van der Waals surface area contributed by atoms with E-state index in [1.165, 1.54) is 11.0 Å². The maximum atomic E-state index is 12.3. The molecule has 0 unspecified atom stereocenters. The van der Waals surface area contributed by atoms with Gasteiger partial charge in [-0.15, -0.1) is 0 Å². The Bertz CT molecular complexity index is 970. The second kappa shape index (κ2) is 7.17. The number of likely N-dealkylation sites (N-methyl/N-ethyl adjacent to an activating group) is 1. The van der Waals surface area contributed by atoms with Gasteiger partial charge in [-0.1, -0.05) is 24.3 Å².